The zero-order chi connectivity index (χ0) is 26.4. The van der Waals surface area contributed by atoms with E-state index in [0.29, 0.717) is 53.0 Å². The lowest BCUT2D eigenvalue weighted by Crippen LogP contribution is -2.40. The van der Waals surface area contributed by atoms with Crippen molar-refractivity contribution in [3.05, 3.63) is 35.7 Å². The highest BCUT2D eigenvalue weighted by Gasteiger charge is 2.27. The molecule has 3 aromatic rings. The Morgan fingerprint density at radius 3 is 2.58 bits per heavy atom. The summed E-state index contributed by atoms with van der Waals surface area (Å²) in [7, 11) is 10.7. The van der Waals surface area contributed by atoms with Crippen LogP contribution in [0.3, 0.4) is 0 Å². The number of ether oxygens (including phenoxy) is 2. The molecule has 0 spiro atoms. The Kier molecular flexibility index (Phi) is 7.04. The highest BCUT2D eigenvalue weighted by Crippen LogP contribution is 2.40. The van der Waals surface area contributed by atoms with Crippen LogP contribution in [0.15, 0.2) is 35.0 Å². The number of methoxy groups -OCH3 is 1. The van der Waals surface area contributed by atoms with Gasteiger partial charge in [-0.1, -0.05) is 0 Å². The van der Waals surface area contributed by atoms with Crippen LogP contribution in [-0.2, 0) is 21.1 Å². The normalized spacial score (nSPS) is 16.4. The Balaban J connectivity index is 2.11. The van der Waals surface area contributed by atoms with E-state index in [-0.39, 0.29) is 22.2 Å². The van der Waals surface area contributed by atoms with Gasteiger partial charge in [0.25, 0.3) is 0 Å². The number of aliphatic hydroxyl groups is 1. The van der Waals surface area contributed by atoms with E-state index in [1.807, 2.05) is 4.57 Å². The molecule has 1 aliphatic rings. The zero-order valence-electron chi connectivity index (χ0n) is 20.6. The molecule has 4 radical (unpaired) electrons. The van der Waals surface area contributed by atoms with Crippen molar-refractivity contribution in [1.82, 2.24) is 14.6 Å². The molecular weight excluding hydrogens is 480 g/mol. The number of nitrogens with two attached hydrogens (primary N) is 2. The van der Waals surface area contributed by atoms with Crippen molar-refractivity contribution in [2.45, 2.75) is 29.7 Å². The van der Waals surface area contributed by atoms with Crippen LogP contribution in [0.5, 0.6) is 5.75 Å². The molecule has 0 atom stereocenters. The number of aromatic nitrogens is 2. The maximum atomic E-state index is 12.8. The summed E-state index contributed by atoms with van der Waals surface area (Å²) in [5.41, 5.74) is 8.14. The third-order valence-electron chi connectivity index (χ3n) is 6.48. The summed E-state index contributed by atoms with van der Waals surface area (Å²) >= 11 is 0. The SMILES string of the molecule is [B]C([B])(O)/C(N)=C(\c1cnc2c3c(OC)ccc(S(C)(=O)=O)c3n(CC3CCOCC3)c2c1)N(C)N. The van der Waals surface area contributed by atoms with Gasteiger partial charge < -0.3 is 29.9 Å². The van der Waals surface area contributed by atoms with E-state index in [1.165, 1.54) is 31.6 Å². The topological polar surface area (TPSA) is 146 Å². The average Bonchev–Trinajstić information content (AvgIpc) is 3.11. The standard InChI is InChI=1S/C23H29B2N5O5S/c1-29(27)20(22(26)23(24,25)31)14-10-15-19(28-11-14)18-16(34-2)4-5-17(36(3,32)33)21(18)30(15)12-13-6-8-35-9-7-13/h4-5,10-11,13,31H,6-9,12,26-27H2,1-3H3/b22-20-. The molecule has 0 unspecified atom stereocenters. The van der Waals surface area contributed by atoms with Gasteiger partial charge in [-0.05, 0) is 37.0 Å². The first-order valence-corrected chi connectivity index (χ1v) is 13.3. The largest absolute Gasteiger partial charge is 0.496 e. The molecule has 5 N–H and O–H groups in total. The molecule has 0 amide bonds. The first-order valence-electron chi connectivity index (χ1n) is 11.4. The van der Waals surface area contributed by atoms with Gasteiger partial charge in [0.05, 0.1) is 39.6 Å². The molecule has 13 heteroatoms. The molecule has 2 aromatic heterocycles. The molecule has 188 valence electrons. The number of pyridine rings is 1. The van der Waals surface area contributed by atoms with Crippen molar-refractivity contribution in [1.29, 1.82) is 0 Å². The predicted molar refractivity (Wildman–Crippen MR) is 140 cm³/mol. The minimum atomic E-state index is -3.59. The van der Waals surface area contributed by atoms with E-state index < -0.39 is 15.2 Å². The second-order valence-corrected chi connectivity index (χ2v) is 11.2. The van der Waals surface area contributed by atoms with Crippen LogP contribution in [0.4, 0.5) is 0 Å². The van der Waals surface area contributed by atoms with Gasteiger partial charge in [-0.25, -0.2) is 14.3 Å². The van der Waals surface area contributed by atoms with Crippen molar-refractivity contribution in [3.8, 4) is 5.75 Å². The number of hydrogen-bond donors (Lipinski definition) is 3. The molecular formula is C23H29B2N5O5S. The average molecular weight is 509 g/mol. The number of hydrogen-bond acceptors (Lipinski definition) is 9. The molecule has 36 heavy (non-hydrogen) atoms. The van der Waals surface area contributed by atoms with Gasteiger partial charge in [-0.2, -0.15) is 0 Å². The number of nitrogens with zero attached hydrogens (tertiary/aromatic N) is 3. The number of rotatable bonds is 7. The molecule has 0 aliphatic carbocycles. The summed E-state index contributed by atoms with van der Waals surface area (Å²) in [5.74, 6) is 6.78. The summed E-state index contributed by atoms with van der Waals surface area (Å²) in [6.07, 6.45) is 4.37. The van der Waals surface area contributed by atoms with Crippen LogP contribution in [0, 0.1) is 5.92 Å². The van der Waals surface area contributed by atoms with Crippen LogP contribution in [0.2, 0.25) is 0 Å². The summed E-state index contributed by atoms with van der Waals surface area (Å²) in [6, 6.07) is 4.97. The van der Waals surface area contributed by atoms with Gasteiger partial charge in [-0.15, -0.1) is 0 Å². The monoisotopic (exact) mass is 509 g/mol. The molecule has 4 rings (SSSR count). The van der Waals surface area contributed by atoms with Crippen molar-refractivity contribution in [3.63, 3.8) is 0 Å². The third-order valence-corrected chi connectivity index (χ3v) is 7.61. The summed E-state index contributed by atoms with van der Waals surface area (Å²) in [5, 5.41) is 9.59. The molecule has 1 aliphatic heterocycles. The Hall–Kier alpha value is -2.73. The van der Waals surface area contributed by atoms with Gasteiger partial charge in [0.15, 0.2) is 9.84 Å². The molecule has 0 saturated carbocycles. The van der Waals surface area contributed by atoms with Crippen LogP contribution in [0.25, 0.3) is 27.6 Å². The third kappa shape index (κ3) is 4.80. The van der Waals surface area contributed by atoms with Gasteiger partial charge >= 0.3 is 0 Å². The second-order valence-electron chi connectivity index (χ2n) is 9.22. The fourth-order valence-corrected chi connectivity index (χ4v) is 5.62. The van der Waals surface area contributed by atoms with Crippen molar-refractivity contribution in [2.24, 2.45) is 17.5 Å². The lowest BCUT2D eigenvalue weighted by Gasteiger charge is -2.27. The van der Waals surface area contributed by atoms with E-state index in [1.54, 1.807) is 18.2 Å². The van der Waals surface area contributed by atoms with E-state index >= 15 is 0 Å². The smallest absolute Gasteiger partial charge is 0.177 e. The molecule has 10 nitrogen and oxygen atoms in total. The molecule has 1 aromatic carbocycles. The zero-order valence-corrected chi connectivity index (χ0v) is 21.4. The number of fused-ring (bicyclic) bond motifs is 3. The van der Waals surface area contributed by atoms with Crippen molar-refractivity contribution in [2.75, 3.05) is 33.6 Å². The molecule has 0 bridgehead atoms. The van der Waals surface area contributed by atoms with E-state index in [0.717, 1.165) is 12.8 Å². The molecule has 1 saturated heterocycles. The predicted octanol–water partition coefficient (Wildman–Crippen LogP) is 0.444. The highest BCUT2D eigenvalue weighted by atomic mass is 32.2. The first kappa shape index (κ1) is 26.3. The Bertz CT molecular complexity index is 1440. The Labute approximate surface area is 212 Å². The summed E-state index contributed by atoms with van der Waals surface area (Å²) < 4.78 is 38.8. The van der Waals surface area contributed by atoms with Crippen molar-refractivity contribution < 1.29 is 23.0 Å². The van der Waals surface area contributed by atoms with Crippen molar-refractivity contribution >= 4 is 53.2 Å². The van der Waals surface area contributed by atoms with Gasteiger partial charge in [0.1, 0.15) is 21.4 Å². The summed E-state index contributed by atoms with van der Waals surface area (Å²) in [4.78, 5) is 4.84. The van der Waals surface area contributed by atoms with E-state index in [2.05, 4.69) is 4.98 Å². The van der Waals surface area contributed by atoms with Gasteiger partial charge in [0.2, 0.25) is 0 Å². The highest BCUT2D eigenvalue weighted by molar-refractivity contribution is 7.91. The molecule has 1 fully saturated rings. The number of benzene rings is 1. The number of sulfone groups is 1. The van der Waals surface area contributed by atoms with E-state index in [4.69, 9.17) is 36.7 Å². The fraction of sp³-hybridized carbons (Fsp3) is 0.435. The maximum Gasteiger partial charge on any atom is 0.177 e. The van der Waals surface area contributed by atoms with Crippen LogP contribution >= 0.6 is 0 Å². The van der Waals surface area contributed by atoms with Crippen LogP contribution < -0.4 is 16.3 Å². The quantitative estimate of drug-likeness (QED) is 0.235. The minimum absolute atomic E-state index is 0.175. The van der Waals surface area contributed by atoms with Gasteiger partial charge in [0, 0.05) is 55.9 Å². The minimum Gasteiger partial charge on any atom is -0.496 e. The summed E-state index contributed by atoms with van der Waals surface area (Å²) in [6.45, 7) is 1.82. The van der Waals surface area contributed by atoms with Gasteiger partial charge in [-0.3, -0.25) is 4.98 Å². The lowest BCUT2D eigenvalue weighted by molar-refractivity contribution is 0.0619. The van der Waals surface area contributed by atoms with E-state index in [9.17, 15) is 13.5 Å². The first-order chi connectivity index (χ1) is 16.8. The Morgan fingerprint density at radius 1 is 1.36 bits per heavy atom. The van der Waals surface area contributed by atoms with Crippen LogP contribution in [0.1, 0.15) is 18.4 Å². The fourth-order valence-electron chi connectivity index (χ4n) is 4.74. The molecule has 3 heterocycles. The Morgan fingerprint density at radius 2 is 2.03 bits per heavy atom. The second kappa shape index (κ2) is 9.62. The lowest BCUT2D eigenvalue weighted by atomic mass is 9.63. The number of hydrazine groups is 1. The van der Waals surface area contributed by atoms with Crippen LogP contribution in [-0.4, -0.2) is 82.8 Å². The maximum absolute atomic E-state index is 12.8.